The van der Waals surface area contributed by atoms with Gasteiger partial charge in [-0.05, 0) is 31.6 Å². The van der Waals surface area contributed by atoms with Gasteiger partial charge >= 0.3 is 0 Å². The highest BCUT2D eigenvalue weighted by Crippen LogP contribution is 2.52. The van der Waals surface area contributed by atoms with Crippen LogP contribution in [0.3, 0.4) is 0 Å². The molecule has 0 saturated heterocycles. The number of carbonyl (C=O) groups is 1. The first-order valence-corrected chi connectivity index (χ1v) is 5.81. The van der Waals surface area contributed by atoms with Crippen molar-refractivity contribution in [1.82, 2.24) is 5.43 Å². The quantitative estimate of drug-likeness (QED) is 0.401. The van der Waals surface area contributed by atoms with Crippen LogP contribution >= 0.6 is 0 Å². The van der Waals surface area contributed by atoms with Gasteiger partial charge < -0.3 is 0 Å². The summed E-state index contributed by atoms with van der Waals surface area (Å²) >= 11 is 0. The maximum absolute atomic E-state index is 11.8. The van der Waals surface area contributed by atoms with E-state index in [1.807, 2.05) is 0 Å². The normalized spacial score (nSPS) is 26.6. The second-order valence-corrected chi connectivity index (χ2v) is 4.82. The second kappa shape index (κ2) is 3.89. The van der Waals surface area contributed by atoms with Crippen LogP contribution in [-0.4, -0.2) is 5.91 Å². The van der Waals surface area contributed by atoms with Gasteiger partial charge in [0.2, 0.25) is 5.91 Å². The van der Waals surface area contributed by atoms with Crippen molar-refractivity contribution in [2.45, 2.75) is 51.4 Å². The fourth-order valence-electron chi connectivity index (χ4n) is 3.18. The van der Waals surface area contributed by atoms with Crippen molar-refractivity contribution >= 4 is 5.91 Å². The minimum Gasteiger partial charge on any atom is -0.294 e. The predicted octanol–water partition coefficient (Wildman–Crippen LogP) is 1.73. The van der Waals surface area contributed by atoms with Crippen LogP contribution in [0, 0.1) is 11.3 Å². The molecule has 14 heavy (non-hydrogen) atoms. The van der Waals surface area contributed by atoms with Crippen molar-refractivity contribution in [3.63, 3.8) is 0 Å². The third-order valence-corrected chi connectivity index (χ3v) is 4.22. The fourth-order valence-corrected chi connectivity index (χ4v) is 3.18. The monoisotopic (exact) mass is 196 g/mol. The molecule has 2 rings (SSSR count). The summed E-state index contributed by atoms with van der Waals surface area (Å²) in [4.78, 5) is 11.8. The van der Waals surface area contributed by atoms with Gasteiger partial charge in [-0.2, -0.15) is 0 Å². The van der Waals surface area contributed by atoms with Gasteiger partial charge in [0, 0.05) is 0 Å². The molecule has 0 heterocycles. The third-order valence-electron chi connectivity index (χ3n) is 4.22. The van der Waals surface area contributed by atoms with E-state index in [1.54, 1.807) is 0 Å². The van der Waals surface area contributed by atoms with Gasteiger partial charge in [-0.15, -0.1) is 0 Å². The number of carbonyl (C=O) groups excluding carboxylic acids is 1. The molecule has 2 aliphatic carbocycles. The number of amides is 1. The van der Waals surface area contributed by atoms with Gasteiger partial charge in [0.1, 0.15) is 0 Å². The molecule has 3 heteroatoms. The van der Waals surface area contributed by atoms with E-state index in [9.17, 15) is 4.79 Å². The van der Waals surface area contributed by atoms with Gasteiger partial charge in [0.25, 0.3) is 0 Å². The molecule has 0 aliphatic heterocycles. The zero-order valence-electron chi connectivity index (χ0n) is 8.72. The summed E-state index contributed by atoms with van der Waals surface area (Å²) < 4.78 is 0. The smallest absolute Gasteiger partial charge is 0.240 e. The molecule has 0 atom stereocenters. The van der Waals surface area contributed by atoms with Crippen LogP contribution in [-0.2, 0) is 4.79 Å². The Morgan fingerprint density at radius 1 is 1.14 bits per heavy atom. The lowest BCUT2D eigenvalue weighted by Gasteiger charge is -2.47. The highest BCUT2D eigenvalue weighted by Gasteiger charge is 2.49. The Labute approximate surface area is 85.4 Å². The average molecular weight is 196 g/mol. The summed E-state index contributed by atoms with van der Waals surface area (Å²) in [6, 6.07) is 0. The number of rotatable bonds is 2. The molecule has 0 aromatic carbocycles. The first-order chi connectivity index (χ1) is 6.79. The van der Waals surface area contributed by atoms with Crippen LogP contribution in [0.5, 0.6) is 0 Å². The van der Waals surface area contributed by atoms with Crippen LogP contribution in [0.1, 0.15) is 51.4 Å². The SMILES string of the molecule is NNC(=O)C1(C2CCCCC2)CCC1. The van der Waals surface area contributed by atoms with E-state index in [0.29, 0.717) is 5.92 Å². The van der Waals surface area contributed by atoms with Crippen LogP contribution in [0.4, 0.5) is 0 Å². The van der Waals surface area contributed by atoms with Gasteiger partial charge in [-0.25, -0.2) is 5.84 Å². The number of nitrogens with two attached hydrogens (primary N) is 1. The Bertz CT molecular complexity index is 217. The molecular weight excluding hydrogens is 176 g/mol. The number of hydrogen-bond donors (Lipinski definition) is 2. The summed E-state index contributed by atoms with van der Waals surface area (Å²) in [5, 5.41) is 0. The zero-order valence-corrected chi connectivity index (χ0v) is 8.72. The summed E-state index contributed by atoms with van der Waals surface area (Å²) in [7, 11) is 0. The number of nitrogens with one attached hydrogen (secondary N) is 1. The molecule has 1 amide bonds. The molecule has 0 spiro atoms. The van der Waals surface area contributed by atoms with Crippen molar-refractivity contribution in [3.8, 4) is 0 Å². The third kappa shape index (κ3) is 1.44. The van der Waals surface area contributed by atoms with E-state index in [1.165, 1.54) is 38.5 Å². The molecule has 2 fully saturated rings. The first-order valence-electron chi connectivity index (χ1n) is 5.81. The maximum atomic E-state index is 11.8. The molecule has 0 aromatic heterocycles. The van der Waals surface area contributed by atoms with Crippen LogP contribution in [0.25, 0.3) is 0 Å². The Kier molecular flexibility index (Phi) is 2.77. The highest BCUT2D eigenvalue weighted by atomic mass is 16.2. The van der Waals surface area contributed by atoms with Crippen LogP contribution in [0.15, 0.2) is 0 Å². The van der Waals surface area contributed by atoms with Crippen LogP contribution < -0.4 is 11.3 Å². The largest absolute Gasteiger partial charge is 0.294 e. The lowest BCUT2D eigenvalue weighted by molar-refractivity contribution is -0.142. The van der Waals surface area contributed by atoms with E-state index < -0.39 is 0 Å². The zero-order chi connectivity index (χ0) is 10.0. The summed E-state index contributed by atoms with van der Waals surface area (Å²) in [5.41, 5.74) is 2.29. The molecule has 2 aliphatic rings. The van der Waals surface area contributed by atoms with E-state index in [2.05, 4.69) is 5.43 Å². The lowest BCUT2D eigenvalue weighted by Crippen LogP contribution is -2.52. The van der Waals surface area contributed by atoms with Crippen molar-refractivity contribution in [2.75, 3.05) is 0 Å². The van der Waals surface area contributed by atoms with Crippen LogP contribution in [0.2, 0.25) is 0 Å². The van der Waals surface area contributed by atoms with E-state index >= 15 is 0 Å². The molecule has 2 saturated carbocycles. The van der Waals surface area contributed by atoms with E-state index in [-0.39, 0.29) is 11.3 Å². The van der Waals surface area contributed by atoms with Gasteiger partial charge in [0.15, 0.2) is 0 Å². The second-order valence-electron chi connectivity index (χ2n) is 4.82. The first kappa shape index (κ1) is 9.97. The molecule has 3 N–H and O–H groups in total. The fraction of sp³-hybridized carbons (Fsp3) is 0.909. The standard InChI is InChI=1S/C11H20N2O/c12-13-10(14)11(7-4-8-11)9-5-2-1-3-6-9/h9H,1-8,12H2,(H,13,14). The Morgan fingerprint density at radius 3 is 2.21 bits per heavy atom. The maximum Gasteiger partial charge on any atom is 0.240 e. The Morgan fingerprint density at radius 2 is 1.79 bits per heavy atom. The van der Waals surface area contributed by atoms with Gasteiger partial charge in [-0.1, -0.05) is 25.7 Å². The minimum absolute atomic E-state index is 0.0742. The lowest BCUT2D eigenvalue weighted by atomic mass is 9.57. The summed E-state index contributed by atoms with van der Waals surface area (Å²) in [6.07, 6.45) is 9.71. The highest BCUT2D eigenvalue weighted by molar-refractivity contribution is 5.83. The number of hydrogen-bond acceptors (Lipinski definition) is 2. The molecule has 0 unspecified atom stereocenters. The molecule has 0 aromatic rings. The predicted molar refractivity (Wildman–Crippen MR) is 55.2 cm³/mol. The van der Waals surface area contributed by atoms with Crippen molar-refractivity contribution in [2.24, 2.45) is 17.2 Å². The van der Waals surface area contributed by atoms with E-state index in [0.717, 1.165) is 12.8 Å². The molecule has 0 radical (unpaired) electrons. The van der Waals surface area contributed by atoms with Gasteiger partial charge in [0.05, 0.1) is 5.41 Å². The number of hydrazine groups is 1. The minimum atomic E-state index is -0.0742. The van der Waals surface area contributed by atoms with Crippen molar-refractivity contribution in [3.05, 3.63) is 0 Å². The Balaban J connectivity index is 2.06. The van der Waals surface area contributed by atoms with Crippen molar-refractivity contribution in [1.29, 1.82) is 0 Å². The molecule has 0 bridgehead atoms. The topological polar surface area (TPSA) is 55.1 Å². The summed E-state index contributed by atoms with van der Waals surface area (Å²) in [5.74, 6) is 5.97. The van der Waals surface area contributed by atoms with E-state index in [4.69, 9.17) is 5.84 Å². The Hall–Kier alpha value is -0.570. The van der Waals surface area contributed by atoms with Gasteiger partial charge in [-0.3, -0.25) is 10.2 Å². The summed E-state index contributed by atoms with van der Waals surface area (Å²) in [6.45, 7) is 0. The molecule has 80 valence electrons. The molecule has 3 nitrogen and oxygen atoms in total. The van der Waals surface area contributed by atoms with Crippen molar-refractivity contribution < 1.29 is 4.79 Å². The molecular formula is C11H20N2O. The average Bonchev–Trinajstić information content (AvgIpc) is 2.17.